The number of aromatic nitrogens is 1. The van der Waals surface area contributed by atoms with Crippen molar-refractivity contribution in [2.75, 3.05) is 11.4 Å². The van der Waals surface area contributed by atoms with Gasteiger partial charge < -0.3 is 9.64 Å². The molecule has 4 rings (SSSR count). The number of amides is 2. The molecule has 6 nitrogen and oxygen atoms in total. The molecule has 1 saturated carbocycles. The van der Waals surface area contributed by atoms with Crippen LogP contribution in [0.4, 0.5) is 5.69 Å². The highest BCUT2D eigenvalue weighted by atomic mass is 16.5. The summed E-state index contributed by atoms with van der Waals surface area (Å²) in [7, 11) is 0. The molecule has 2 heterocycles. The van der Waals surface area contributed by atoms with Crippen molar-refractivity contribution in [3.05, 3.63) is 53.9 Å². The Kier molecular flexibility index (Phi) is 5.51. The molecule has 1 aromatic heterocycles. The largest absolute Gasteiger partial charge is 0.479 e. The number of ether oxygens (including phenoxy) is 1. The van der Waals surface area contributed by atoms with Crippen LogP contribution in [0.1, 0.15) is 43.9 Å². The molecule has 29 heavy (non-hydrogen) atoms. The van der Waals surface area contributed by atoms with Crippen molar-refractivity contribution in [2.45, 2.75) is 58.2 Å². The second-order valence-corrected chi connectivity index (χ2v) is 7.94. The summed E-state index contributed by atoms with van der Waals surface area (Å²) in [5, 5.41) is 0. The zero-order valence-corrected chi connectivity index (χ0v) is 17.0. The lowest BCUT2D eigenvalue weighted by Crippen LogP contribution is -2.51. The Labute approximate surface area is 171 Å². The highest BCUT2D eigenvalue weighted by molar-refractivity contribution is 6.03. The Morgan fingerprint density at radius 1 is 1.24 bits per heavy atom. The van der Waals surface area contributed by atoms with Gasteiger partial charge in [0.25, 0.3) is 5.91 Å². The normalized spacial score (nSPS) is 19.0. The van der Waals surface area contributed by atoms with Gasteiger partial charge in [-0.1, -0.05) is 25.0 Å². The Morgan fingerprint density at radius 2 is 2.03 bits per heavy atom. The molecule has 2 aliphatic rings. The van der Waals surface area contributed by atoms with E-state index in [9.17, 15) is 9.59 Å². The zero-order chi connectivity index (χ0) is 20.4. The van der Waals surface area contributed by atoms with Crippen LogP contribution < -0.4 is 9.64 Å². The van der Waals surface area contributed by atoms with Crippen molar-refractivity contribution in [3.8, 4) is 5.75 Å². The minimum Gasteiger partial charge on any atom is -0.479 e. The number of carbonyl (C=O) groups is 2. The Bertz CT molecular complexity index is 893. The highest BCUT2D eigenvalue weighted by Crippen LogP contribution is 2.35. The zero-order valence-electron chi connectivity index (χ0n) is 17.0. The molecule has 0 N–H and O–H groups in total. The molecule has 2 amide bonds. The Hall–Kier alpha value is -2.89. The highest BCUT2D eigenvalue weighted by Gasteiger charge is 2.35. The molecule has 0 saturated heterocycles. The number of rotatable bonds is 5. The summed E-state index contributed by atoms with van der Waals surface area (Å²) in [5.41, 5.74) is 2.56. The molecule has 1 atom stereocenters. The quantitative estimate of drug-likeness (QED) is 0.780. The summed E-state index contributed by atoms with van der Waals surface area (Å²) in [6.45, 7) is 4.19. The Balaban J connectivity index is 1.60. The predicted octanol–water partition coefficient (Wildman–Crippen LogP) is 3.48. The first kappa shape index (κ1) is 19.4. The van der Waals surface area contributed by atoms with Gasteiger partial charge in [0.1, 0.15) is 12.3 Å². The van der Waals surface area contributed by atoms with E-state index in [0.29, 0.717) is 18.0 Å². The van der Waals surface area contributed by atoms with Crippen LogP contribution in [0.15, 0.2) is 42.6 Å². The summed E-state index contributed by atoms with van der Waals surface area (Å²) >= 11 is 0. The lowest BCUT2D eigenvalue weighted by Gasteiger charge is -2.35. The molecule has 1 aliphatic carbocycles. The molecule has 6 heteroatoms. The van der Waals surface area contributed by atoms with Crippen LogP contribution in [0.25, 0.3) is 0 Å². The van der Waals surface area contributed by atoms with E-state index in [4.69, 9.17) is 4.74 Å². The van der Waals surface area contributed by atoms with Gasteiger partial charge in [-0.25, -0.2) is 0 Å². The number of benzene rings is 1. The summed E-state index contributed by atoms with van der Waals surface area (Å²) < 4.78 is 5.74. The molecule has 152 valence electrons. The maximum Gasteiger partial charge on any atom is 0.268 e. The smallest absolute Gasteiger partial charge is 0.268 e. The van der Waals surface area contributed by atoms with Gasteiger partial charge in [-0.2, -0.15) is 0 Å². The van der Waals surface area contributed by atoms with Gasteiger partial charge in [-0.05, 0) is 56.5 Å². The number of nitrogens with zero attached hydrogens (tertiary/aromatic N) is 3. The van der Waals surface area contributed by atoms with E-state index in [1.54, 1.807) is 18.0 Å². The second kappa shape index (κ2) is 8.23. The van der Waals surface area contributed by atoms with Crippen molar-refractivity contribution >= 4 is 17.5 Å². The van der Waals surface area contributed by atoms with E-state index in [-0.39, 0.29) is 24.4 Å². The monoisotopic (exact) mass is 393 g/mol. The first-order valence-corrected chi connectivity index (χ1v) is 10.3. The van der Waals surface area contributed by atoms with E-state index in [1.807, 2.05) is 48.2 Å². The van der Waals surface area contributed by atoms with Crippen LogP contribution in [0, 0.1) is 6.92 Å². The molecular formula is C23H27N3O3. The van der Waals surface area contributed by atoms with Gasteiger partial charge >= 0.3 is 0 Å². The summed E-state index contributed by atoms with van der Waals surface area (Å²) in [4.78, 5) is 34.2. The molecule has 0 bridgehead atoms. The van der Waals surface area contributed by atoms with E-state index in [1.165, 1.54) is 0 Å². The molecular weight excluding hydrogens is 366 g/mol. The maximum absolute atomic E-state index is 13.4. The number of fused-ring (bicyclic) bond motifs is 1. The van der Waals surface area contributed by atoms with Gasteiger partial charge in [0, 0.05) is 12.2 Å². The SMILES string of the molecule is Cc1ccc2c(c1)N(CC(=O)N(Cc1ccccn1)C1CCCC1)C(=O)C(C)O2. The maximum atomic E-state index is 13.4. The third-order valence-electron chi connectivity index (χ3n) is 5.76. The molecule has 1 aromatic carbocycles. The number of hydrogen-bond acceptors (Lipinski definition) is 4. The average molecular weight is 393 g/mol. The fourth-order valence-electron chi connectivity index (χ4n) is 4.21. The summed E-state index contributed by atoms with van der Waals surface area (Å²) in [6, 6.07) is 11.7. The second-order valence-electron chi connectivity index (χ2n) is 7.94. The van der Waals surface area contributed by atoms with Gasteiger partial charge in [0.05, 0.1) is 17.9 Å². The molecule has 0 spiro atoms. The van der Waals surface area contributed by atoms with Crippen LogP contribution in [0.5, 0.6) is 5.75 Å². The van der Waals surface area contributed by atoms with Crippen LogP contribution >= 0.6 is 0 Å². The number of carbonyl (C=O) groups excluding carboxylic acids is 2. The number of pyridine rings is 1. The van der Waals surface area contributed by atoms with Crippen molar-refractivity contribution < 1.29 is 14.3 Å². The number of hydrogen-bond donors (Lipinski definition) is 0. The van der Waals surface area contributed by atoms with Crippen molar-refractivity contribution in [2.24, 2.45) is 0 Å². The first-order valence-electron chi connectivity index (χ1n) is 10.3. The molecule has 0 radical (unpaired) electrons. The van der Waals surface area contributed by atoms with E-state index >= 15 is 0 Å². The lowest BCUT2D eigenvalue weighted by atomic mass is 10.1. The average Bonchev–Trinajstić information content (AvgIpc) is 3.25. The van der Waals surface area contributed by atoms with Crippen molar-refractivity contribution in [1.29, 1.82) is 0 Å². The van der Waals surface area contributed by atoms with Crippen LogP contribution in [-0.2, 0) is 16.1 Å². The molecule has 1 aliphatic heterocycles. The first-order chi connectivity index (χ1) is 14.0. The van der Waals surface area contributed by atoms with Crippen LogP contribution in [0.2, 0.25) is 0 Å². The fraction of sp³-hybridized carbons (Fsp3) is 0.435. The standard InChI is InChI=1S/C23H27N3O3/c1-16-10-11-21-20(13-16)26(23(28)17(2)29-21)15-22(27)25(19-8-3-4-9-19)14-18-7-5-6-12-24-18/h5-7,10-13,17,19H,3-4,8-9,14-15H2,1-2H3. The fourth-order valence-corrected chi connectivity index (χ4v) is 4.21. The van der Waals surface area contributed by atoms with Gasteiger partial charge in [-0.3, -0.25) is 19.5 Å². The predicted molar refractivity (Wildman–Crippen MR) is 111 cm³/mol. The van der Waals surface area contributed by atoms with Gasteiger partial charge in [0.2, 0.25) is 5.91 Å². The van der Waals surface area contributed by atoms with Gasteiger partial charge in [-0.15, -0.1) is 0 Å². The summed E-state index contributed by atoms with van der Waals surface area (Å²) in [5.74, 6) is 0.422. The van der Waals surface area contributed by atoms with E-state index in [0.717, 1.165) is 36.9 Å². The van der Waals surface area contributed by atoms with E-state index < -0.39 is 6.10 Å². The molecule has 1 fully saturated rings. The number of anilines is 1. The van der Waals surface area contributed by atoms with E-state index in [2.05, 4.69) is 4.98 Å². The minimum absolute atomic E-state index is 0.0202. The van der Waals surface area contributed by atoms with Crippen LogP contribution in [0.3, 0.4) is 0 Å². The van der Waals surface area contributed by atoms with Crippen LogP contribution in [-0.4, -0.2) is 40.4 Å². The number of aryl methyl sites for hydroxylation is 1. The third kappa shape index (κ3) is 4.11. The topological polar surface area (TPSA) is 62.7 Å². The minimum atomic E-state index is -0.603. The molecule has 2 aromatic rings. The van der Waals surface area contributed by atoms with Crippen molar-refractivity contribution in [3.63, 3.8) is 0 Å². The third-order valence-corrected chi connectivity index (χ3v) is 5.76. The van der Waals surface area contributed by atoms with Crippen molar-refractivity contribution in [1.82, 2.24) is 9.88 Å². The summed E-state index contributed by atoms with van der Waals surface area (Å²) in [6.07, 6.45) is 5.41. The molecule has 1 unspecified atom stereocenters. The lowest BCUT2D eigenvalue weighted by molar-refractivity contribution is -0.135. The van der Waals surface area contributed by atoms with Gasteiger partial charge in [0.15, 0.2) is 6.10 Å². The Morgan fingerprint density at radius 3 is 2.76 bits per heavy atom.